The van der Waals surface area contributed by atoms with Gasteiger partial charge >= 0.3 is 0 Å². The van der Waals surface area contributed by atoms with Crippen molar-refractivity contribution >= 4 is 34.4 Å². The van der Waals surface area contributed by atoms with Crippen molar-refractivity contribution in [3.63, 3.8) is 0 Å². The summed E-state index contributed by atoms with van der Waals surface area (Å²) in [4.78, 5) is 20.8. The lowest BCUT2D eigenvalue weighted by Gasteiger charge is -2.11. The van der Waals surface area contributed by atoms with E-state index in [1.807, 2.05) is 91.2 Å². The van der Waals surface area contributed by atoms with Crippen molar-refractivity contribution in [2.24, 2.45) is 0 Å². The Hall–Kier alpha value is -3.91. The summed E-state index contributed by atoms with van der Waals surface area (Å²) < 4.78 is 2.03. The van der Waals surface area contributed by atoms with Crippen molar-refractivity contribution in [2.45, 2.75) is 31.8 Å². The zero-order valence-corrected chi connectivity index (χ0v) is 20.5. The molecule has 0 aliphatic heterocycles. The molecule has 2 heterocycles. The molecule has 0 fully saturated rings. The normalized spacial score (nSPS) is 11.1. The fraction of sp³-hybridized carbons (Fsp3) is 0.185. The van der Waals surface area contributed by atoms with E-state index < -0.39 is 0 Å². The molecule has 2 aromatic heterocycles. The molecule has 0 bridgehead atoms. The number of benzene rings is 3. The summed E-state index contributed by atoms with van der Waals surface area (Å²) in [5.41, 5.74) is 6.01. The summed E-state index contributed by atoms with van der Waals surface area (Å²) in [6.45, 7) is 4.05. The summed E-state index contributed by atoms with van der Waals surface area (Å²) in [7, 11) is 0. The van der Waals surface area contributed by atoms with E-state index in [0.717, 1.165) is 45.2 Å². The number of fused-ring (bicyclic) bond motifs is 1. The Morgan fingerprint density at radius 2 is 1.74 bits per heavy atom. The molecule has 7 nitrogen and oxygen atoms in total. The van der Waals surface area contributed by atoms with E-state index in [1.54, 1.807) is 0 Å². The molecule has 0 saturated carbocycles. The van der Waals surface area contributed by atoms with Gasteiger partial charge in [0.25, 0.3) is 0 Å². The van der Waals surface area contributed by atoms with E-state index in [1.165, 1.54) is 11.8 Å². The first-order chi connectivity index (χ1) is 17.1. The second-order valence-corrected chi connectivity index (χ2v) is 9.30. The Labute approximate surface area is 208 Å². The molecular formula is C27H26N6OS. The second kappa shape index (κ2) is 10.1. The maximum Gasteiger partial charge on any atom is 0.234 e. The quantitative estimate of drug-likeness (QED) is 0.294. The standard InChI is InChI=1S/C27H26N6OS/c1-18-9-8-14-21(19(18)2)30-26(34)17-35-27-32-31-25(33(27)20-10-4-3-5-11-20)16-15-24-28-22-12-6-7-13-23(22)29-24/h3-14H,15-17H2,1-2H3,(H,28,29)(H,30,34). The molecule has 8 heteroatoms. The molecule has 0 saturated heterocycles. The number of aryl methyl sites for hydroxylation is 3. The molecule has 176 valence electrons. The first-order valence-electron chi connectivity index (χ1n) is 11.5. The van der Waals surface area contributed by atoms with Gasteiger partial charge in [-0.1, -0.05) is 54.2 Å². The minimum atomic E-state index is -0.0739. The highest BCUT2D eigenvalue weighted by molar-refractivity contribution is 7.99. The number of imidazole rings is 1. The lowest BCUT2D eigenvalue weighted by molar-refractivity contribution is -0.113. The van der Waals surface area contributed by atoms with E-state index >= 15 is 0 Å². The van der Waals surface area contributed by atoms with E-state index in [0.29, 0.717) is 18.0 Å². The zero-order valence-electron chi connectivity index (χ0n) is 19.7. The van der Waals surface area contributed by atoms with Crippen LogP contribution in [0.1, 0.15) is 22.8 Å². The van der Waals surface area contributed by atoms with E-state index in [4.69, 9.17) is 0 Å². The van der Waals surface area contributed by atoms with E-state index in [2.05, 4.69) is 25.5 Å². The van der Waals surface area contributed by atoms with Crippen molar-refractivity contribution in [3.05, 3.63) is 95.6 Å². The number of aromatic amines is 1. The van der Waals surface area contributed by atoms with Crippen LogP contribution >= 0.6 is 11.8 Å². The van der Waals surface area contributed by atoms with Crippen LogP contribution in [0.3, 0.4) is 0 Å². The van der Waals surface area contributed by atoms with Crippen LogP contribution in [0.2, 0.25) is 0 Å². The van der Waals surface area contributed by atoms with E-state index in [9.17, 15) is 4.79 Å². The number of rotatable bonds is 8. The van der Waals surface area contributed by atoms with Gasteiger partial charge in [-0.2, -0.15) is 0 Å². The largest absolute Gasteiger partial charge is 0.342 e. The fourth-order valence-electron chi connectivity index (χ4n) is 3.95. The number of carbonyl (C=O) groups excluding carboxylic acids is 1. The molecule has 0 aliphatic rings. The summed E-state index contributed by atoms with van der Waals surface area (Å²) in [6, 6.07) is 23.9. The molecule has 0 atom stereocenters. The van der Waals surface area contributed by atoms with Crippen LogP contribution in [0.25, 0.3) is 16.7 Å². The Balaban J connectivity index is 1.33. The Bertz CT molecular complexity index is 1440. The predicted molar refractivity (Wildman–Crippen MR) is 140 cm³/mol. The number of amides is 1. The van der Waals surface area contributed by atoms with Gasteiger partial charge in [0, 0.05) is 24.2 Å². The van der Waals surface area contributed by atoms with Crippen LogP contribution in [-0.2, 0) is 17.6 Å². The third-order valence-electron chi connectivity index (χ3n) is 5.95. The summed E-state index contributed by atoms with van der Waals surface area (Å²) in [5, 5.41) is 12.6. The molecule has 0 spiro atoms. The highest BCUT2D eigenvalue weighted by Crippen LogP contribution is 2.24. The highest BCUT2D eigenvalue weighted by Gasteiger charge is 2.17. The number of nitrogens with zero attached hydrogens (tertiary/aromatic N) is 4. The lowest BCUT2D eigenvalue weighted by Crippen LogP contribution is -2.15. The predicted octanol–water partition coefficient (Wildman–Crippen LogP) is 5.28. The third-order valence-corrected chi connectivity index (χ3v) is 6.88. The first-order valence-corrected chi connectivity index (χ1v) is 12.5. The molecule has 5 aromatic rings. The molecule has 35 heavy (non-hydrogen) atoms. The topological polar surface area (TPSA) is 88.5 Å². The molecule has 0 aliphatic carbocycles. The van der Waals surface area contributed by atoms with Gasteiger partial charge in [-0.3, -0.25) is 9.36 Å². The van der Waals surface area contributed by atoms with Gasteiger partial charge in [-0.25, -0.2) is 4.98 Å². The van der Waals surface area contributed by atoms with Crippen LogP contribution in [0.4, 0.5) is 5.69 Å². The van der Waals surface area contributed by atoms with Crippen LogP contribution in [0, 0.1) is 13.8 Å². The minimum Gasteiger partial charge on any atom is -0.342 e. The SMILES string of the molecule is Cc1cccc(NC(=O)CSc2nnc(CCc3nc4ccccc4[nH]3)n2-c2ccccc2)c1C. The van der Waals surface area contributed by atoms with Gasteiger partial charge in [-0.05, 0) is 55.3 Å². The van der Waals surface area contributed by atoms with Gasteiger partial charge in [0.2, 0.25) is 5.91 Å². The Morgan fingerprint density at radius 3 is 2.57 bits per heavy atom. The minimum absolute atomic E-state index is 0.0739. The smallest absolute Gasteiger partial charge is 0.234 e. The molecule has 0 radical (unpaired) electrons. The maximum atomic E-state index is 12.7. The summed E-state index contributed by atoms with van der Waals surface area (Å²) in [5.74, 6) is 1.90. The molecule has 3 aromatic carbocycles. The number of anilines is 1. The van der Waals surface area contributed by atoms with Crippen molar-refractivity contribution < 1.29 is 4.79 Å². The number of hydrogen-bond acceptors (Lipinski definition) is 5. The maximum absolute atomic E-state index is 12.7. The van der Waals surface area contributed by atoms with Crippen LogP contribution in [0.15, 0.2) is 78.0 Å². The molecular weight excluding hydrogens is 456 g/mol. The first kappa shape index (κ1) is 22.9. The Kier molecular flexibility index (Phi) is 6.63. The van der Waals surface area contributed by atoms with Gasteiger partial charge in [-0.15, -0.1) is 10.2 Å². The van der Waals surface area contributed by atoms with Crippen LogP contribution in [0.5, 0.6) is 0 Å². The lowest BCUT2D eigenvalue weighted by atomic mass is 10.1. The molecule has 1 amide bonds. The average molecular weight is 483 g/mol. The number of nitrogens with one attached hydrogen (secondary N) is 2. The van der Waals surface area contributed by atoms with Gasteiger partial charge < -0.3 is 10.3 Å². The third kappa shape index (κ3) is 5.12. The van der Waals surface area contributed by atoms with Crippen molar-refractivity contribution in [3.8, 4) is 5.69 Å². The van der Waals surface area contributed by atoms with Crippen LogP contribution in [-0.4, -0.2) is 36.4 Å². The summed E-state index contributed by atoms with van der Waals surface area (Å²) in [6.07, 6.45) is 1.37. The van der Waals surface area contributed by atoms with Gasteiger partial charge in [0.05, 0.1) is 16.8 Å². The number of hydrogen-bond donors (Lipinski definition) is 2. The number of aromatic nitrogens is 5. The van der Waals surface area contributed by atoms with Crippen molar-refractivity contribution in [1.29, 1.82) is 0 Å². The summed E-state index contributed by atoms with van der Waals surface area (Å²) >= 11 is 1.38. The van der Waals surface area contributed by atoms with Crippen molar-refractivity contribution in [1.82, 2.24) is 24.7 Å². The molecule has 0 unspecified atom stereocenters. The number of carbonyl (C=O) groups is 1. The zero-order chi connectivity index (χ0) is 24.2. The number of para-hydroxylation sites is 3. The van der Waals surface area contributed by atoms with Crippen LogP contribution < -0.4 is 5.32 Å². The number of H-pyrrole nitrogens is 1. The van der Waals surface area contributed by atoms with Gasteiger partial charge in [0.15, 0.2) is 5.16 Å². The van der Waals surface area contributed by atoms with E-state index in [-0.39, 0.29) is 11.7 Å². The second-order valence-electron chi connectivity index (χ2n) is 8.35. The Morgan fingerprint density at radius 1 is 0.943 bits per heavy atom. The number of thioether (sulfide) groups is 1. The molecule has 2 N–H and O–H groups in total. The van der Waals surface area contributed by atoms with Crippen molar-refractivity contribution in [2.75, 3.05) is 11.1 Å². The van der Waals surface area contributed by atoms with Gasteiger partial charge in [0.1, 0.15) is 11.6 Å². The average Bonchev–Trinajstić information content (AvgIpc) is 3.48. The molecule has 5 rings (SSSR count). The highest BCUT2D eigenvalue weighted by atomic mass is 32.2. The fourth-order valence-corrected chi connectivity index (χ4v) is 4.72. The monoisotopic (exact) mass is 482 g/mol.